The van der Waals surface area contributed by atoms with Crippen LogP contribution in [0.1, 0.15) is 34.6 Å². The van der Waals surface area contributed by atoms with Crippen molar-refractivity contribution in [2.75, 3.05) is 13.2 Å². The Morgan fingerprint density at radius 3 is 2.31 bits per heavy atom. The van der Waals surface area contributed by atoms with E-state index >= 15 is 0 Å². The Kier molecular flexibility index (Phi) is 6.55. The molecule has 0 unspecified atom stereocenters. The SMILES string of the molecule is CC(C)CNC(=O)[C@@H](COC(C)(C)C)ON. The highest BCUT2D eigenvalue weighted by Gasteiger charge is 2.22. The van der Waals surface area contributed by atoms with Crippen molar-refractivity contribution in [2.24, 2.45) is 11.8 Å². The molecule has 1 amide bonds. The summed E-state index contributed by atoms with van der Waals surface area (Å²) in [5.74, 6) is 5.23. The Bertz CT molecular complexity index is 212. The molecule has 3 N–H and O–H groups in total. The molecule has 0 fully saturated rings. The quantitative estimate of drug-likeness (QED) is 0.665. The lowest BCUT2D eigenvalue weighted by molar-refractivity contribution is -0.142. The number of nitrogens with one attached hydrogen (secondary N) is 1. The van der Waals surface area contributed by atoms with E-state index in [4.69, 9.17) is 10.6 Å². The van der Waals surface area contributed by atoms with Gasteiger partial charge in [-0.05, 0) is 26.7 Å². The molecule has 0 radical (unpaired) electrons. The third-order valence-electron chi connectivity index (χ3n) is 1.81. The predicted octanol–water partition coefficient (Wildman–Crippen LogP) is 0.833. The first-order valence-corrected chi connectivity index (χ1v) is 5.53. The molecule has 0 spiro atoms. The van der Waals surface area contributed by atoms with E-state index in [0.29, 0.717) is 12.5 Å². The van der Waals surface area contributed by atoms with E-state index < -0.39 is 6.10 Å². The molecular weight excluding hydrogens is 208 g/mol. The van der Waals surface area contributed by atoms with Gasteiger partial charge in [-0.2, -0.15) is 0 Å². The topological polar surface area (TPSA) is 73.6 Å². The molecule has 0 aliphatic carbocycles. The molecule has 0 saturated heterocycles. The minimum absolute atomic E-state index is 0.157. The van der Waals surface area contributed by atoms with E-state index in [9.17, 15) is 4.79 Å². The summed E-state index contributed by atoms with van der Waals surface area (Å²) < 4.78 is 5.44. The van der Waals surface area contributed by atoms with E-state index in [2.05, 4.69) is 10.2 Å². The highest BCUT2D eigenvalue weighted by atomic mass is 16.6. The van der Waals surface area contributed by atoms with Crippen molar-refractivity contribution in [3.8, 4) is 0 Å². The van der Waals surface area contributed by atoms with Crippen molar-refractivity contribution in [3.05, 3.63) is 0 Å². The van der Waals surface area contributed by atoms with E-state index in [1.807, 2.05) is 34.6 Å². The number of nitrogens with two attached hydrogens (primary N) is 1. The molecule has 5 nitrogen and oxygen atoms in total. The van der Waals surface area contributed by atoms with Gasteiger partial charge in [-0.1, -0.05) is 13.8 Å². The Hall–Kier alpha value is -0.650. The molecule has 0 aliphatic heterocycles. The standard InChI is InChI=1S/C11H24N2O3/c1-8(2)6-13-10(14)9(16-12)7-15-11(3,4)5/h8-9H,6-7,12H2,1-5H3,(H,13,14)/t9-/m1/s1. The van der Waals surface area contributed by atoms with Crippen molar-refractivity contribution < 1.29 is 14.4 Å². The van der Waals surface area contributed by atoms with Gasteiger partial charge in [-0.15, -0.1) is 0 Å². The fourth-order valence-electron chi connectivity index (χ4n) is 0.921. The average Bonchev–Trinajstić information content (AvgIpc) is 2.13. The third-order valence-corrected chi connectivity index (χ3v) is 1.81. The minimum Gasteiger partial charge on any atom is -0.373 e. The van der Waals surface area contributed by atoms with Gasteiger partial charge in [0.15, 0.2) is 6.10 Å². The second kappa shape index (κ2) is 6.83. The number of amides is 1. The van der Waals surface area contributed by atoms with Crippen LogP contribution in [-0.4, -0.2) is 30.8 Å². The van der Waals surface area contributed by atoms with Gasteiger partial charge in [0.05, 0.1) is 12.2 Å². The highest BCUT2D eigenvalue weighted by Crippen LogP contribution is 2.07. The van der Waals surface area contributed by atoms with E-state index in [1.165, 1.54) is 0 Å². The molecule has 0 saturated carbocycles. The monoisotopic (exact) mass is 232 g/mol. The maximum absolute atomic E-state index is 11.6. The van der Waals surface area contributed by atoms with E-state index in [1.54, 1.807) is 0 Å². The van der Waals surface area contributed by atoms with Crippen LogP contribution in [0, 0.1) is 5.92 Å². The van der Waals surface area contributed by atoms with Crippen LogP contribution in [-0.2, 0) is 14.4 Å². The van der Waals surface area contributed by atoms with Crippen LogP contribution >= 0.6 is 0 Å². The summed E-state index contributed by atoms with van der Waals surface area (Å²) in [6.07, 6.45) is -0.752. The summed E-state index contributed by atoms with van der Waals surface area (Å²) in [4.78, 5) is 16.2. The summed E-state index contributed by atoms with van der Waals surface area (Å²) in [5.41, 5.74) is -0.310. The van der Waals surface area contributed by atoms with Gasteiger partial charge in [0.1, 0.15) is 0 Å². The number of ether oxygens (including phenoxy) is 1. The van der Waals surface area contributed by atoms with Gasteiger partial charge in [0.2, 0.25) is 0 Å². The zero-order valence-electron chi connectivity index (χ0n) is 10.9. The van der Waals surface area contributed by atoms with E-state index in [-0.39, 0.29) is 18.1 Å². The lowest BCUT2D eigenvalue weighted by Gasteiger charge is -2.23. The molecule has 16 heavy (non-hydrogen) atoms. The fourth-order valence-corrected chi connectivity index (χ4v) is 0.921. The molecule has 0 aromatic heterocycles. The van der Waals surface area contributed by atoms with Crippen molar-refractivity contribution >= 4 is 5.91 Å². The van der Waals surface area contributed by atoms with Gasteiger partial charge in [-0.25, -0.2) is 5.90 Å². The molecule has 0 heterocycles. The third kappa shape index (κ3) is 7.62. The molecular formula is C11H24N2O3. The van der Waals surface area contributed by atoms with Gasteiger partial charge >= 0.3 is 0 Å². The predicted molar refractivity (Wildman–Crippen MR) is 62.6 cm³/mol. The Labute approximate surface area is 97.6 Å². The fraction of sp³-hybridized carbons (Fsp3) is 0.909. The molecule has 1 atom stereocenters. The van der Waals surface area contributed by atoms with Crippen LogP contribution in [0.4, 0.5) is 0 Å². The van der Waals surface area contributed by atoms with Crippen LogP contribution < -0.4 is 11.2 Å². The van der Waals surface area contributed by atoms with Gasteiger partial charge in [0.25, 0.3) is 5.91 Å². The van der Waals surface area contributed by atoms with Crippen molar-refractivity contribution in [1.29, 1.82) is 0 Å². The molecule has 0 bridgehead atoms. The maximum atomic E-state index is 11.6. The maximum Gasteiger partial charge on any atom is 0.253 e. The number of hydrogen-bond acceptors (Lipinski definition) is 4. The molecule has 0 aliphatic rings. The Morgan fingerprint density at radius 1 is 1.38 bits per heavy atom. The summed E-state index contributed by atoms with van der Waals surface area (Å²) in [6.45, 7) is 10.5. The zero-order chi connectivity index (χ0) is 12.8. The Balaban J connectivity index is 4.02. The van der Waals surface area contributed by atoms with Gasteiger partial charge in [-0.3, -0.25) is 9.63 Å². The average molecular weight is 232 g/mol. The smallest absolute Gasteiger partial charge is 0.253 e. The van der Waals surface area contributed by atoms with Crippen LogP contribution in [0.3, 0.4) is 0 Å². The number of rotatable bonds is 6. The van der Waals surface area contributed by atoms with E-state index in [0.717, 1.165) is 0 Å². The second-order valence-electron chi connectivity index (χ2n) is 5.19. The van der Waals surface area contributed by atoms with Crippen LogP contribution in [0.2, 0.25) is 0 Å². The summed E-state index contributed by atoms with van der Waals surface area (Å²) in [5, 5.41) is 2.75. The van der Waals surface area contributed by atoms with Gasteiger partial charge < -0.3 is 10.1 Å². The minimum atomic E-state index is -0.752. The second-order valence-corrected chi connectivity index (χ2v) is 5.19. The Morgan fingerprint density at radius 2 is 1.94 bits per heavy atom. The lowest BCUT2D eigenvalue weighted by atomic mass is 10.2. The number of carbonyl (C=O) groups is 1. The summed E-state index contributed by atoms with van der Waals surface area (Å²) >= 11 is 0. The molecule has 0 aromatic rings. The number of hydrogen-bond donors (Lipinski definition) is 2. The first kappa shape index (κ1) is 15.3. The highest BCUT2D eigenvalue weighted by molar-refractivity contribution is 5.80. The largest absolute Gasteiger partial charge is 0.373 e. The summed E-state index contributed by atoms with van der Waals surface area (Å²) in [6, 6.07) is 0. The normalized spacial score (nSPS) is 13.9. The van der Waals surface area contributed by atoms with Crippen LogP contribution in [0.5, 0.6) is 0 Å². The molecule has 96 valence electrons. The summed E-state index contributed by atoms with van der Waals surface area (Å²) in [7, 11) is 0. The molecule has 0 aromatic carbocycles. The first-order valence-electron chi connectivity index (χ1n) is 5.53. The van der Waals surface area contributed by atoms with Crippen molar-refractivity contribution in [2.45, 2.75) is 46.3 Å². The van der Waals surface area contributed by atoms with Crippen LogP contribution in [0.25, 0.3) is 0 Å². The first-order chi connectivity index (χ1) is 7.26. The van der Waals surface area contributed by atoms with Crippen LogP contribution in [0.15, 0.2) is 0 Å². The van der Waals surface area contributed by atoms with Gasteiger partial charge in [0, 0.05) is 6.54 Å². The number of carbonyl (C=O) groups excluding carboxylic acids is 1. The zero-order valence-corrected chi connectivity index (χ0v) is 10.9. The molecule has 0 rings (SSSR count). The van der Waals surface area contributed by atoms with Crippen molar-refractivity contribution in [3.63, 3.8) is 0 Å². The molecule has 5 heteroatoms. The lowest BCUT2D eigenvalue weighted by Crippen LogP contribution is -2.43. The van der Waals surface area contributed by atoms with Crippen molar-refractivity contribution in [1.82, 2.24) is 5.32 Å².